The van der Waals surface area contributed by atoms with E-state index in [2.05, 4.69) is 15.3 Å². The minimum absolute atomic E-state index is 0. The van der Waals surface area contributed by atoms with Gasteiger partial charge in [0, 0.05) is 11.3 Å². The molecule has 1 aromatic heterocycles. The number of hydrogen-bond donors (Lipinski definition) is 4. The Kier molecular flexibility index (Phi) is 6.40. The van der Waals surface area contributed by atoms with E-state index in [1.807, 2.05) is 0 Å². The van der Waals surface area contributed by atoms with E-state index in [0.29, 0.717) is 11.3 Å². The fourth-order valence-corrected chi connectivity index (χ4v) is 2.59. The van der Waals surface area contributed by atoms with Crippen LogP contribution < -0.4 is 11.1 Å². The van der Waals surface area contributed by atoms with Crippen LogP contribution in [0.1, 0.15) is 20.7 Å². The average Bonchev–Trinajstić information content (AvgIpc) is 2.65. The topological polar surface area (TPSA) is 138 Å². The molecule has 0 aliphatic heterocycles. The summed E-state index contributed by atoms with van der Waals surface area (Å²) in [4.78, 5) is 30.7. The molecule has 1 heterocycles. The van der Waals surface area contributed by atoms with Crippen molar-refractivity contribution >= 4 is 53.4 Å². The number of anilines is 3. The van der Waals surface area contributed by atoms with E-state index in [9.17, 15) is 14.7 Å². The van der Waals surface area contributed by atoms with Crippen LogP contribution in [0.4, 0.5) is 17.5 Å². The normalized spacial score (nSPS) is 10.0. The van der Waals surface area contributed by atoms with Crippen LogP contribution in [0, 0.1) is 0 Å². The van der Waals surface area contributed by atoms with Gasteiger partial charge in [-0.25, -0.2) is 14.6 Å². The zero-order valence-corrected chi connectivity index (χ0v) is 15.7. The van der Waals surface area contributed by atoms with Crippen LogP contribution in [0.2, 0.25) is 5.02 Å². The highest BCUT2D eigenvalue weighted by molar-refractivity contribution is 6.35. The van der Waals surface area contributed by atoms with Crippen LogP contribution in [0.5, 0.6) is 0 Å². The molecule has 0 spiro atoms. The molecule has 8 nitrogen and oxygen atoms in total. The Morgan fingerprint density at radius 2 is 1.61 bits per heavy atom. The van der Waals surface area contributed by atoms with Gasteiger partial charge >= 0.3 is 11.9 Å². The van der Waals surface area contributed by atoms with Crippen molar-refractivity contribution in [3.05, 3.63) is 64.7 Å². The number of nitrogens with one attached hydrogen (secondary N) is 1. The second-order valence-corrected chi connectivity index (χ2v) is 5.83. The Labute approximate surface area is 170 Å². The number of aromatic nitrogens is 2. The van der Waals surface area contributed by atoms with E-state index in [1.54, 1.807) is 30.3 Å². The third-order valence-electron chi connectivity index (χ3n) is 3.68. The van der Waals surface area contributed by atoms with Crippen molar-refractivity contribution in [2.24, 2.45) is 0 Å². The smallest absolute Gasteiger partial charge is 0.336 e. The highest BCUT2D eigenvalue weighted by Crippen LogP contribution is 2.33. The van der Waals surface area contributed by atoms with E-state index in [1.165, 1.54) is 18.2 Å². The molecule has 0 radical (unpaired) electrons. The van der Waals surface area contributed by atoms with Crippen molar-refractivity contribution in [1.82, 2.24) is 9.97 Å². The molecule has 0 fully saturated rings. The maximum atomic E-state index is 11.5. The molecule has 0 unspecified atom stereocenters. The van der Waals surface area contributed by atoms with Gasteiger partial charge in [-0.3, -0.25) is 0 Å². The average molecular weight is 421 g/mol. The number of carbonyl (C=O) groups is 2. The summed E-state index contributed by atoms with van der Waals surface area (Å²) in [6.45, 7) is 0. The van der Waals surface area contributed by atoms with Crippen molar-refractivity contribution in [2.45, 2.75) is 0 Å². The molecule has 0 bridgehead atoms. The molecule has 0 saturated carbocycles. The van der Waals surface area contributed by atoms with Gasteiger partial charge in [-0.15, -0.1) is 12.4 Å². The zero-order chi connectivity index (χ0) is 19.6. The monoisotopic (exact) mass is 420 g/mol. The van der Waals surface area contributed by atoms with Gasteiger partial charge in [0.2, 0.25) is 5.95 Å². The van der Waals surface area contributed by atoms with Crippen LogP contribution in [-0.4, -0.2) is 32.1 Å². The van der Waals surface area contributed by atoms with Crippen LogP contribution in [-0.2, 0) is 0 Å². The van der Waals surface area contributed by atoms with E-state index >= 15 is 0 Å². The van der Waals surface area contributed by atoms with Crippen molar-refractivity contribution in [1.29, 1.82) is 0 Å². The lowest BCUT2D eigenvalue weighted by molar-refractivity contribution is 0.0686. The maximum Gasteiger partial charge on any atom is 0.336 e. The van der Waals surface area contributed by atoms with Gasteiger partial charge in [0.05, 0.1) is 16.8 Å². The lowest BCUT2D eigenvalue weighted by atomic mass is 10.0. The van der Waals surface area contributed by atoms with Gasteiger partial charge in [-0.05, 0) is 30.3 Å². The fraction of sp³-hybridized carbons (Fsp3) is 0. The van der Waals surface area contributed by atoms with E-state index in [-0.39, 0.29) is 46.0 Å². The standard InChI is InChI=1S/C18H13ClN4O4.ClH/c19-13-14(11-3-1-2-4-12(11)17(26)27)22-18(23-15(13)20)21-10-7-5-9(6-8-10)16(24)25;/h1-8H,(H,24,25)(H,26,27)(H3,20,21,22,23);1H. The van der Waals surface area contributed by atoms with E-state index < -0.39 is 11.9 Å². The molecule has 0 aliphatic carbocycles. The second kappa shape index (κ2) is 8.55. The number of benzene rings is 2. The quantitative estimate of drug-likeness (QED) is 0.486. The maximum absolute atomic E-state index is 11.5. The molecule has 0 amide bonds. The third kappa shape index (κ3) is 4.30. The second-order valence-electron chi connectivity index (χ2n) is 5.45. The first-order valence-corrected chi connectivity index (χ1v) is 8.00. The number of nitrogen functional groups attached to an aromatic ring is 1. The number of carboxylic acids is 2. The van der Waals surface area contributed by atoms with E-state index in [0.717, 1.165) is 0 Å². The molecule has 3 rings (SSSR count). The molecule has 10 heteroatoms. The van der Waals surface area contributed by atoms with Gasteiger partial charge < -0.3 is 21.3 Å². The number of nitrogens with two attached hydrogens (primary N) is 1. The van der Waals surface area contributed by atoms with Crippen molar-refractivity contribution in [2.75, 3.05) is 11.1 Å². The highest BCUT2D eigenvalue weighted by Gasteiger charge is 2.18. The Morgan fingerprint density at radius 1 is 0.964 bits per heavy atom. The first-order chi connectivity index (χ1) is 12.9. The van der Waals surface area contributed by atoms with Crippen LogP contribution >= 0.6 is 24.0 Å². The lowest BCUT2D eigenvalue weighted by Crippen LogP contribution is -2.06. The van der Waals surface area contributed by atoms with Gasteiger partial charge in [-0.1, -0.05) is 29.8 Å². The summed E-state index contributed by atoms with van der Waals surface area (Å²) in [5, 5.41) is 21.3. The summed E-state index contributed by atoms with van der Waals surface area (Å²) in [5.41, 5.74) is 7.01. The fourth-order valence-electron chi connectivity index (χ4n) is 2.40. The molecule has 3 aromatic rings. The zero-order valence-electron chi connectivity index (χ0n) is 14.1. The summed E-state index contributed by atoms with van der Waals surface area (Å²) in [7, 11) is 0. The number of hydrogen-bond acceptors (Lipinski definition) is 6. The number of nitrogens with zero attached hydrogens (tertiary/aromatic N) is 2. The molecule has 0 aliphatic rings. The predicted molar refractivity (Wildman–Crippen MR) is 108 cm³/mol. The summed E-state index contributed by atoms with van der Waals surface area (Å²) in [5.74, 6) is -2.10. The minimum Gasteiger partial charge on any atom is -0.478 e. The predicted octanol–water partition coefficient (Wildman–Crippen LogP) is 3.94. The van der Waals surface area contributed by atoms with Crippen LogP contribution in [0.3, 0.4) is 0 Å². The summed E-state index contributed by atoms with van der Waals surface area (Å²) < 4.78 is 0. The molecule has 2 aromatic carbocycles. The summed E-state index contributed by atoms with van der Waals surface area (Å²) >= 11 is 6.20. The van der Waals surface area contributed by atoms with Crippen molar-refractivity contribution in [3.8, 4) is 11.3 Å². The Morgan fingerprint density at radius 3 is 2.21 bits per heavy atom. The lowest BCUT2D eigenvalue weighted by Gasteiger charge is -2.12. The van der Waals surface area contributed by atoms with E-state index in [4.69, 9.17) is 22.4 Å². The van der Waals surface area contributed by atoms with Gasteiger partial charge in [0.25, 0.3) is 0 Å². The molecule has 5 N–H and O–H groups in total. The SMILES string of the molecule is Cl.Nc1nc(Nc2ccc(C(=O)O)cc2)nc(-c2ccccc2C(=O)O)c1Cl. The van der Waals surface area contributed by atoms with Crippen LogP contribution in [0.25, 0.3) is 11.3 Å². The Hall–Kier alpha value is -3.36. The molecular formula is C18H14Cl2N4O4. The number of rotatable bonds is 5. The molecule has 28 heavy (non-hydrogen) atoms. The molecule has 0 atom stereocenters. The van der Waals surface area contributed by atoms with Gasteiger partial charge in [0.1, 0.15) is 10.8 Å². The third-order valence-corrected chi connectivity index (χ3v) is 4.05. The summed E-state index contributed by atoms with van der Waals surface area (Å²) in [6.07, 6.45) is 0. The van der Waals surface area contributed by atoms with Crippen LogP contribution in [0.15, 0.2) is 48.5 Å². The first kappa shape index (κ1) is 20.9. The number of halogens is 2. The number of carboxylic acid groups (broad SMARTS) is 2. The summed E-state index contributed by atoms with van der Waals surface area (Å²) in [6, 6.07) is 12.2. The van der Waals surface area contributed by atoms with Crippen molar-refractivity contribution < 1.29 is 19.8 Å². The first-order valence-electron chi connectivity index (χ1n) is 7.63. The van der Waals surface area contributed by atoms with Gasteiger partial charge in [-0.2, -0.15) is 4.98 Å². The number of aromatic carboxylic acids is 2. The molecule has 144 valence electrons. The largest absolute Gasteiger partial charge is 0.478 e. The van der Waals surface area contributed by atoms with Crippen molar-refractivity contribution in [3.63, 3.8) is 0 Å². The molecular weight excluding hydrogens is 407 g/mol. The Balaban J connectivity index is 0.00000280. The Bertz CT molecular complexity index is 1040. The minimum atomic E-state index is -1.13. The molecule has 0 saturated heterocycles. The highest BCUT2D eigenvalue weighted by atomic mass is 35.5. The van der Waals surface area contributed by atoms with Gasteiger partial charge in [0.15, 0.2) is 0 Å².